The summed E-state index contributed by atoms with van der Waals surface area (Å²) >= 11 is 0. The van der Waals surface area contributed by atoms with Gasteiger partial charge in [-0.3, -0.25) is 9.59 Å². The number of hydrogen-bond donors (Lipinski definition) is 0. The second kappa shape index (κ2) is 6.51. The number of carbonyl (C=O) groups is 2. The van der Waals surface area contributed by atoms with Crippen molar-refractivity contribution in [3.63, 3.8) is 0 Å². The molecule has 0 unspecified atom stereocenters. The molecule has 0 radical (unpaired) electrons. The maximum atomic E-state index is 13.0. The lowest BCUT2D eigenvalue weighted by molar-refractivity contribution is -0.167. The predicted molar refractivity (Wildman–Crippen MR) is 106 cm³/mol. The maximum absolute atomic E-state index is 13.0. The largest absolute Gasteiger partial charge is 0.459 e. The molecule has 0 saturated carbocycles. The molecule has 5 heteroatoms. The molecule has 0 fully saturated rings. The van der Waals surface area contributed by atoms with Crippen LogP contribution in [0.25, 0.3) is 10.9 Å². The van der Waals surface area contributed by atoms with E-state index in [4.69, 9.17) is 9.47 Å². The van der Waals surface area contributed by atoms with Gasteiger partial charge in [0, 0.05) is 35.6 Å². The van der Waals surface area contributed by atoms with Gasteiger partial charge in [-0.25, -0.2) is 0 Å². The van der Waals surface area contributed by atoms with E-state index in [1.807, 2.05) is 60.3 Å². The van der Waals surface area contributed by atoms with E-state index in [9.17, 15) is 9.59 Å². The molecule has 0 spiro atoms. The number of esters is 2. The van der Waals surface area contributed by atoms with Crippen molar-refractivity contribution in [2.75, 3.05) is 0 Å². The van der Waals surface area contributed by atoms with Crippen molar-refractivity contribution >= 4 is 22.8 Å². The third-order valence-corrected chi connectivity index (χ3v) is 4.98. The minimum Gasteiger partial charge on any atom is -0.459 e. The molecule has 4 rings (SSSR count). The Hall–Kier alpha value is -3.08. The molecule has 0 aliphatic carbocycles. The van der Waals surface area contributed by atoms with Crippen LogP contribution in [-0.2, 0) is 21.4 Å². The molecule has 2 aromatic carbocycles. The van der Waals surface area contributed by atoms with Crippen LogP contribution in [0.5, 0.6) is 5.75 Å². The average molecular weight is 377 g/mol. The van der Waals surface area contributed by atoms with E-state index < -0.39 is 29.4 Å². The van der Waals surface area contributed by atoms with Crippen molar-refractivity contribution in [1.29, 1.82) is 0 Å². The van der Waals surface area contributed by atoms with Crippen LogP contribution in [0.3, 0.4) is 0 Å². The van der Waals surface area contributed by atoms with Gasteiger partial charge < -0.3 is 14.0 Å². The summed E-state index contributed by atoms with van der Waals surface area (Å²) in [4.78, 5) is 25.9. The summed E-state index contributed by atoms with van der Waals surface area (Å²) in [5.41, 5.74) is 2.07. The van der Waals surface area contributed by atoms with Crippen LogP contribution in [0.1, 0.15) is 37.8 Å². The maximum Gasteiger partial charge on any atom is 0.326 e. The first kappa shape index (κ1) is 18.3. The first-order valence-corrected chi connectivity index (χ1v) is 9.34. The quantitative estimate of drug-likeness (QED) is 0.382. The van der Waals surface area contributed by atoms with Crippen LogP contribution >= 0.6 is 0 Å². The molecular formula is C23H23NO4. The Labute approximate surface area is 163 Å². The molecule has 2 heterocycles. The van der Waals surface area contributed by atoms with Crippen molar-refractivity contribution in [3.8, 4) is 5.75 Å². The van der Waals surface area contributed by atoms with Gasteiger partial charge in [-0.15, -0.1) is 0 Å². The van der Waals surface area contributed by atoms with Crippen LogP contribution in [-0.4, -0.2) is 22.1 Å². The fourth-order valence-electron chi connectivity index (χ4n) is 3.88. The zero-order chi connectivity index (χ0) is 20.1. The first-order valence-electron chi connectivity index (χ1n) is 9.34. The van der Waals surface area contributed by atoms with E-state index in [1.165, 1.54) is 0 Å². The number of fused-ring (bicyclic) bond motifs is 2. The van der Waals surface area contributed by atoms with Crippen molar-refractivity contribution in [2.24, 2.45) is 13.0 Å². The Balaban J connectivity index is 1.93. The highest BCUT2D eigenvalue weighted by Gasteiger charge is 2.46. The normalized spacial score (nSPS) is 19.2. The topological polar surface area (TPSA) is 57.5 Å². The molecule has 5 nitrogen and oxygen atoms in total. The minimum absolute atomic E-state index is 0.474. The second-order valence-corrected chi connectivity index (χ2v) is 8.16. The SMILES string of the molecule is Cn1cc([C@@H]2c3ccccc3OC(=O)[C@H]2C(=O)OC(C)(C)C)c2ccccc21. The van der Waals surface area contributed by atoms with Gasteiger partial charge in [0.1, 0.15) is 11.4 Å². The zero-order valence-electron chi connectivity index (χ0n) is 16.4. The van der Waals surface area contributed by atoms with Gasteiger partial charge in [0.25, 0.3) is 0 Å². The fraction of sp³-hybridized carbons (Fsp3) is 0.304. The third kappa shape index (κ3) is 3.07. The zero-order valence-corrected chi connectivity index (χ0v) is 16.4. The lowest BCUT2D eigenvalue weighted by atomic mass is 9.78. The summed E-state index contributed by atoms with van der Waals surface area (Å²) in [5, 5.41) is 1.01. The number of para-hydroxylation sites is 2. The Kier molecular flexibility index (Phi) is 4.26. The van der Waals surface area contributed by atoms with E-state index in [-0.39, 0.29) is 0 Å². The second-order valence-electron chi connectivity index (χ2n) is 8.16. The monoisotopic (exact) mass is 377 g/mol. The van der Waals surface area contributed by atoms with E-state index in [0.717, 1.165) is 22.0 Å². The highest BCUT2D eigenvalue weighted by atomic mass is 16.6. The molecular weight excluding hydrogens is 354 g/mol. The Morgan fingerprint density at radius 2 is 1.71 bits per heavy atom. The number of benzene rings is 2. The van der Waals surface area contributed by atoms with Crippen LogP contribution < -0.4 is 4.74 Å². The van der Waals surface area contributed by atoms with E-state index in [2.05, 4.69) is 0 Å². The van der Waals surface area contributed by atoms with Crippen LogP contribution in [0, 0.1) is 5.92 Å². The summed E-state index contributed by atoms with van der Waals surface area (Å²) in [7, 11) is 1.96. The van der Waals surface area contributed by atoms with Crippen LogP contribution in [0.15, 0.2) is 54.7 Å². The van der Waals surface area contributed by atoms with Gasteiger partial charge in [-0.2, -0.15) is 0 Å². The molecule has 2 atom stereocenters. The van der Waals surface area contributed by atoms with Gasteiger partial charge >= 0.3 is 11.9 Å². The smallest absolute Gasteiger partial charge is 0.326 e. The van der Waals surface area contributed by atoms with Crippen LogP contribution in [0.4, 0.5) is 0 Å². The summed E-state index contributed by atoms with van der Waals surface area (Å²) in [6, 6.07) is 15.3. The van der Waals surface area contributed by atoms with Crippen molar-refractivity contribution in [2.45, 2.75) is 32.3 Å². The van der Waals surface area contributed by atoms with Crippen molar-refractivity contribution in [1.82, 2.24) is 4.57 Å². The van der Waals surface area contributed by atoms with Crippen molar-refractivity contribution in [3.05, 3.63) is 65.9 Å². The molecule has 0 bridgehead atoms. The molecule has 0 N–H and O–H groups in total. The summed E-state index contributed by atoms with van der Waals surface area (Å²) in [5.74, 6) is -2.18. The highest BCUT2D eigenvalue weighted by Crippen LogP contribution is 2.45. The highest BCUT2D eigenvalue weighted by molar-refractivity contribution is 6.00. The molecule has 1 aromatic heterocycles. The van der Waals surface area contributed by atoms with Crippen LogP contribution in [0.2, 0.25) is 0 Å². The predicted octanol–water partition coefficient (Wildman–Crippen LogP) is 4.19. The number of hydrogen-bond acceptors (Lipinski definition) is 4. The Bertz CT molecular complexity index is 1070. The molecule has 1 aliphatic heterocycles. The number of aromatic nitrogens is 1. The number of carbonyl (C=O) groups excluding carboxylic acids is 2. The number of aryl methyl sites for hydroxylation is 1. The third-order valence-electron chi connectivity index (χ3n) is 4.98. The Morgan fingerprint density at radius 1 is 1.04 bits per heavy atom. The van der Waals surface area contributed by atoms with Gasteiger partial charge in [0.05, 0.1) is 0 Å². The lowest BCUT2D eigenvalue weighted by Gasteiger charge is -2.32. The molecule has 1 aliphatic rings. The summed E-state index contributed by atoms with van der Waals surface area (Å²) in [6.45, 7) is 5.37. The van der Waals surface area contributed by atoms with E-state index in [0.29, 0.717) is 5.75 Å². The fourth-order valence-corrected chi connectivity index (χ4v) is 3.88. The molecule has 3 aromatic rings. The minimum atomic E-state index is -1.06. The van der Waals surface area contributed by atoms with Gasteiger partial charge in [0.2, 0.25) is 0 Å². The first-order chi connectivity index (χ1) is 13.3. The van der Waals surface area contributed by atoms with Gasteiger partial charge in [-0.1, -0.05) is 36.4 Å². The number of nitrogens with zero attached hydrogens (tertiary/aromatic N) is 1. The Morgan fingerprint density at radius 3 is 2.46 bits per heavy atom. The summed E-state index contributed by atoms with van der Waals surface area (Å²) in [6.07, 6.45) is 1.99. The number of ether oxygens (including phenoxy) is 2. The average Bonchev–Trinajstić information content (AvgIpc) is 2.96. The standard InChI is InChI=1S/C23H23NO4/c1-23(2,3)28-22(26)20-19(15-10-6-8-12-18(15)27-21(20)25)16-13-24(4)17-11-7-5-9-14(16)17/h5-13,19-20H,1-4H3/t19-,20-/m0/s1. The van der Waals surface area contributed by atoms with E-state index >= 15 is 0 Å². The van der Waals surface area contributed by atoms with Crippen molar-refractivity contribution < 1.29 is 19.1 Å². The van der Waals surface area contributed by atoms with Gasteiger partial charge in [0.15, 0.2) is 5.92 Å². The molecule has 0 amide bonds. The molecule has 28 heavy (non-hydrogen) atoms. The molecule has 0 saturated heterocycles. The molecule has 144 valence electrons. The lowest BCUT2D eigenvalue weighted by Crippen LogP contribution is -2.41. The van der Waals surface area contributed by atoms with E-state index in [1.54, 1.807) is 26.8 Å². The number of rotatable bonds is 2. The summed E-state index contributed by atoms with van der Waals surface area (Å²) < 4.78 is 13.1. The van der Waals surface area contributed by atoms with Gasteiger partial charge in [-0.05, 0) is 38.5 Å².